The number of nitrogens with zero attached hydrogens (tertiary/aromatic N) is 1. The van der Waals surface area contributed by atoms with Crippen molar-refractivity contribution in [2.45, 2.75) is 51.7 Å². The highest BCUT2D eigenvalue weighted by atomic mass is 16.1. The second-order valence-electron chi connectivity index (χ2n) is 6.19. The van der Waals surface area contributed by atoms with Gasteiger partial charge in [0.2, 0.25) is 0 Å². The zero-order chi connectivity index (χ0) is 17.4. The molecule has 0 aromatic heterocycles. The summed E-state index contributed by atoms with van der Waals surface area (Å²) in [7, 11) is 1.77. The number of amides is 1. The van der Waals surface area contributed by atoms with Crippen LogP contribution in [0.3, 0.4) is 0 Å². The maximum atomic E-state index is 12.2. The lowest BCUT2D eigenvalue weighted by atomic mass is 10.1. The van der Waals surface area contributed by atoms with Crippen LogP contribution in [0.5, 0.6) is 0 Å². The Kier molecular flexibility index (Phi) is 6.85. The van der Waals surface area contributed by atoms with Crippen LogP contribution >= 0.6 is 0 Å². The van der Waals surface area contributed by atoms with Crippen LogP contribution < -0.4 is 16.0 Å². The average Bonchev–Trinajstić information content (AvgIpc) is 3.11. The molecule has 130 valence electrons. The van der Waals surface area contributed by atoms with Gasteiger partial charge in [-0.2, -0.15) is 0 Å². The van der Waals surface area contributed by atoms with Gasteiger partial charge in [0.05, 0.1) is 0 Å². The molecule has 0 saturated carbocycles. The number of nitrogens with one attached hydrogen (secondary N) is 3. The van der Waals surface area contributed by atoms with E-state index in [1.807, 2.05) is 31.2 Å². The molecule has 5 nitrogen and oxygen atoms in total. The van der Waals surface area contributed by atoms with E-state index in [4.69, 9.17) is 0 Å². The number of carbonyl (C=O) groups is 1. The fraction of sp³-hybridized carbons (Fsp3) is 0.474. The van der Waals surface area contributed by atoms with Crippen molar-refractivity contribution in [3.63, 3.8) is 0 Å². The molecular weight excluding hydrogens is 300 g/mol. The van der Waals surface area contributed by atoms with Crippen molar-refractivity contribution in [2.75, 3.05) is 7.05 Å². The van der Waals surface area contributed by atoms with E-state index in [9.17, 15) is 4.79 Å². The van der Waals surface area contributed by atoms with Gasteiger partial charge in [0.15, 0.2) is 5.96 Å². The first-order valence-corrected chi connectivity index (χ1v) is 8.64. The van der Waals surface area contributed by atoms with Crippen LogP contribution in [-0.2, 0) is 6.54 Å². The fourth-order valence-electron chi connectivity index (χ4n) is 2.54. The molecule has 0 bridgehead atoms. The second-order valence-corrected chi connectivity index (χ2v) is 6.19. The Morgan fingerprint density at radius 3 is 2.75 bits per heavy atom. The number of rotatable bonds is 6. The highest BCUT2D eigenvalue weighted by Crippen LogP contribution is 2.09. The van der Waals surface area contributed by atoms with E-state index in [0.717, 1.165) is 30.8 Å². The van der Waals surface area contributed by atoms with Gasteiger partial charge in [-0.15, -0.1) is 0 Å². The van der Waals surface area contributed by atoms with Gasteiger partial charge in [-0.1, -0.05) is 31.2 Å². The summed E-state index contributed by atoms with van der Waals surface area (Å²) in [6.07, 6.45) is 7.36. The minimum absolute atomic E-state index is 0.0225. The largest absolute Gasteiger partial charge is 0.353 e. The first-order valence-electron chi connectivity index (χ1n) is 8.64. The minimum atomic E-state index is -0.0225. The summed E-state index contributed by atoms with van der Waals surface area (Å²) >= 11 is 0. The Bertz CT molecular complexity index is 601. The predicted octanol–water partition coefficient (Wildman–Crippen LogP) is 2.60. The van der Waals surface area contributed by atoms with Crippen molar-refractivity contribution < 1.29 is 4.79 Å². The normalized spacial score (nSPS) is 16.0. The highest BCUT2D eigenvalue weighted by Gasteiger charge is 2.12. The Labute approximate surface area is 144 Å². The first kappa shape index (κ1) is 18.0. The van der Waals surface area contributed by atoms with Crippen LogP contribution in [0, 0.1) is 0 Å². The molecule has 1 aliphatic carbocycles. The molecule has 0 heterocycles. The SMILES string of the molecule is CCC(C)NC(=O)c1cccc(CNC(=NC)NC2CC=CC2)c1. The van der Waals surface area contributed by atoms with E-state index in [0.29, 0.717) is 18.2 Å². The van der Waals surface area contributed by atoms with Gasteiger partial charge in [0.25, 0.3) is 5.91 Å². The Balaban J connectivity index is 1.90. The summed E-state index contributed by atoms with van der Waals surface area (Å²) in [6, 6.07) is 8.30. The van der Waals surface area contributed by atoms with Crippen LogP contribution in [0.25, 0.3) is 0 Å². The smallest absolute Gasteiger partial charge is 0.251 e. The molecule has 1 unspecified atom stereocenters. The lowest BCUT2D eigenvalue weighted by molar-refractivity contribution is 0.0939. The van der Waals surface area contributed by atoms with Crippen LogP contribution in [0.2, 0.25) is 0 Å². The number of benzene rings is 1. The zero-order valence-corrected chi connectivity index (χ0v) is 14.8. The van der Waals surface area contributed by atoms with Gasteiger partial charge in [0.1, 0.15) is 0 Å². The summed E-state index contributed by atoms with van der Waals surface area (Å²) in [5.41, 5.74) is 1.75. The zero-order valence-electron chi connectivity index (χ0n) is 14.8. The summed E-state index contributed by atoms with van der Waals surface area (Å²) in [5, 5.41) is 9.71. The minimum Gasteiger partial charge on any atom is -0.353 e. The van der Waals surface area contributed by atoms with Crippen molar-refractivity contribution in [1.29, 1.82) is 0 Å². The van der Waals surface area contributed by atoms with Crippen molar-refractivity contribution in [1.82, 2.24) is 16.0 Å². The van der Waals surface area contributed by atoms with Gasteiger partial charge in [-0.3, -0.25) is 9.79 Å². The molecule has 1 atom stereocenters. The lowest BCUT2D eigenvalue weighted by Gasteiger charge is -2.17. The van der Waals surface area contributed by atoms with Gasteiger partial charge in [-0.05, 0) is 43.9 Å². The molecule has 3 N–H and O–H groups in total. The Hall–Kier alpha value is -2.30. The molecule has 1 amide bonds. The maximum absolute atomic E-state index is 12.2. The van der Waals surface area contributed by atoms with Crippen molar-refractivity contribution in [2.24, 2.45) is 4.99 Å². The number of guanidine groups is 1. The number of hydrogen-bond acceptors (Lipinski definition) is 2. The van der Waals surface area contributed by atoms with Crippen molar-refractivity contribution in [3.05, 3.63) is 47.5 Å². The third-order valence-electron chi connectivity index (χ3n) is 4.21. The van der Waals surface area contributed by atoms with Crippen LogP contribution in [0.4, 0.5) is 0 Å². The van der Waals surface area contributed by atoms with Crippen molar-refractivity contribution >= 4 is 11.9 Å². The molecule has 0 fully saturated rings. The van der Waals surface area contributed by atoms with E-state index >= 15 is 0 Å². The first-order chi connectivity index (χ1) is 11.6. The van der Waals surface area contributed by atoms with Gasteiger partial charge in [0, 0.05) is 31.2 Å². The Morgan fingerprint density at radius 2 is 2.08 bits per heavy atom. The maximum Gasteiger partial charge on any atom is 0.251 e. The van der Waals surface area contributed by atoms with E-state index in [1.54, 1.807) is 7.05 Å². The van der Waals surface area contributed by atoms with E-state index in [1.165, 1.54) is 0 Å². The lowest BCUT2D eigenvalue weighted by Crippen LogP contribution is -2.42. The quantitative estimate of drug-likeness (QED) is 0.427. The monoisotopic (exact) mass is 328 g/mol. The Morgan fingerprint density at radius 1 is 1.33 bits per heavy atom. The molecule has 24 heavy (non-hydrogen) atoms. The molecular formula is C19H28N4O. The molecule has 1 aliphatic rings. The molecule has 1 aromatic rings. The van der Waals surface area contributed by atoms with Crippen LogP contribution in [0.1, 0.15) is 49.0 Å². The number of carbonyl (C=O) groups excluding carboxylic acids is 1. The van der Waals surface area contributed by atoms with E-state index < -0.39 is 0 Å². The fourth-order valence-corrected chi connectivity index (χ4v) is 2.54. The molecule has 0 aliphatic heterocycles. The molecule has 5 heteroatoms. The van der Waals surface area contributed by atoms with Crippen LogP contribution in [-0.4, -0.2) is 31.0 Å². The third kappa shape index (κ3) is 5.41. The van der Waals surface area contributed by atoms with Crippen LogP contribution in [0.15, 0.2) is 41.4 Å². The summed E-state index contributed by atoms with van der Waals surface area (Å²) < 4.78 is 0. The van der Waals surface area contributed by atoms with E-state index in [2.05, 4.69) is 40.0 Å². The van der Waals surface area contributed by atoms with Gasteiger partial charge < -0.3 is 16.0 Å². The molecule has 1 aromatic carbocycles. The second kappa shape index (κ2) is 9.11. The molecule has 0 saturated heterocycles. The van der Waals surface area contributed by atoms with Gasteiger partial charge in [-0.25, -0.2) is 0 Å². The highest BCUT2D eigenvalue weighted by molar-refractivity contribution is 5.94. The molecule has 0 spiro atoms. The number of hydrogen-bond donors (Lipinski definition) is 3. The molecule has 0 radical (unpaired) electrons. The third-order valence-corrected chi connectivity index (χ3v) is 4.21. The number of aliphatic imine (C=N–C) groups is 1. The predicted molar refractivity (Wildman–Crippen MR) is 99.2 cm³/mol. The topological polar surface area (TPSA) is 65.5 Å². The van der Waals surface area contributed by atoms with Crippen molar-refractivity contribution in [3.8, 4) is 0 Å². The van der Waals surface area contributed by atoms with E-state index in [-0.39, 0.29) is 11.9 Å². The summed E-state index contributed by atoms with van der Waals surface area (Å²) in [5.74, 6) is 0.767. The average molecular weight is 328 g/mol. The standard InChI is InChI=1S/C19H28N4O/c1-4-14(2)22-18(24)16-9-7-8-15(12-16)13-21-19(20-3)23-17-10-5-6-11-17/h5-9,12,14,17H,4,10-11,13H2,1-3H3,(H,22,24)(H2,20,21,23). The van der Waals surface area contributed by atoms with Gasteiger partial charge >= 0.3 is 0 Å². The molecule has 2 rings (SSSR count). The summed E-state index contributed by atoms with van der Waals surface area (Å²) in [4.78, 5) is 16.5. The summed E-state index contributed by atoms with van der Waals surface area (Å²) in [6.45, 7) is 4.70.